The fourth-order valence-corrected chi connectivity index (χ4v) is 0.983. The van der Waals surface area contributed by atoms with Crippen LogP contribution >= 0.6 is 11.6 Å². The molecular formula is C5H8ClNO2. The quantitative estimate of drug-likeness (QED) is 0.455. The largest absolute Gasteiger partial charge is 0.382 e. The minimum absolute atomic E-state index is 0.360. The Balaban J connectivity index is 2.51. The zero-order chi connectivity index (χ0) is 6.85. The first-order valence-electron chi connectivity index (χ1n) is 2.81. The fraction of sp³-hybridized carbons (Fsp3) is 0.800. The summed E-state index contributed by atoms with van der Waals surface area (Å²) in [5.41, 5.74) is 0. The number of aliphatic hydroxyl groups is 1. The van der Waals surface area contributed by atoms with Crippen LogP contribution in [0.2, 0.25) is 0 Å². The van der Waals surface area contributed by atoms with Crippen molar-refractivity contribution in [3.63, 3.8) is 0 Å². The van der Waals surface area contributed by atoms with Gasteiger partial charge in [-0.1, -0.05) is 0 Å². The number of halogens is 1. The molecule has 0 saturated carbocycles. The lowest BCUT2D eigenvalue weighted by molar-refractivity contribution is -0.131. The third-order valence-corrected chi connectivity index (χ3v) is 1.79. The maximum atomic E-state index is 10.6. The zero-order valence-electron chi connectivity index (χ0n) is 4.80. The highest BCUT2D eigenvalue weighted by Gasteiger charge is 2.27. The second-order valence-electron chi connectivity index (χ2n) is 2.04. The van der Waals surface area contributed by atoms with Gasteiger partial charge in [0.25, 0.3) is 0 Å². The average molecular weight is 150 g/mol. The SMILES string of the molecule is O=C1NCCC(Cl)C1O. The van der Waals surface area contributed by atoms with E-state index in [1.54, 1.807) is 0 Å². The first kappa shape index (κ1) is 6.83. The predicted molar refractivity (Wildman–Crippen MR) is 33.3 cm³/mol. The molecule has 3 nitrogen and oxygen atoms in total. The summed E-state index contributed by atoms with van der Waals surface area (Å²) in [5.74, 6) is -0.360. The first-order valence-corrected chi connectivity index (χ1v) is 3.25. The summed E-state index contributed by atoms with van der Waals surface area (Å²) in [6.45, 7) is 0.573. The van der Waals surface area contributed by atoms with E-state index in [-0.39, 0.29) is 5.91 Å². The summed E-state index contributed by atoms with van der Waals surface area (Å²) in [6, 6.07) is 0. The van der Waals surface area contributed by atoms with Crippen LogP contribution in [0, 0.1) is 0 Å². The number of alkyl halides is 1. The molecule has 1 heterocycles. The van der Waals surface area contributed by atoms with Gasteiger partial charge in [-0.3, -0.25) is 4.79 Å². The van der Waals surface area contributed by atoms with Gasteiger partial charge >= 0.3 is 0 Å². The third-order valence-electron chi connectivity index (χ3n) is 1.33. The van der Waals surface area contributed by atoms with Crippen molar-refractivity contribution in [1.29, 1.82) is 0 Å². The van der Waals surface area contributed by atoms with Crippen molar-refractivity contribution in [3.8, 4) is 0 Å². The van der Waals surface area contributed by atoms with Gasteiger partial charge in [0.05, 0.1) is 5.38 Å². The predicted octanol–water partition coefficient (Wildman–Crippen LogP) is -0.525. The van der Waals surface area contributed by atoms with Crippen molar-refractivity contribution in [2.24, 2.45) is 0 Å². The van der Waals surface area contributed by atoms with Gasteiger partial charge in [0.2, 0.25) is 5.91 Å². The van der Waals surface area contributed by atoms with Crippen LogP contribution in [0.4, 0.5) is 0 Å². The van der Waals surface area contributed by atoms with Crippen molar-refractivity contribution in [3.05, 3.63) is 0 Å². The van der Waals surface area contributed by atoms with E-state index in [9.17, 15) is 4.79 Å². The van der Waals surface area contributed by atoms with Gasteiger partial charge in [-0.25, -0.2) is 0 Å². The maximum Gasteiger partial charge on any atom is 0.250 e. The van der Waals surface area contributed by atoms with Crippen molar-refractivity contribution < 1.29 is 9.90 Å². The highest BCUT2D eigenvalue weighted by atomic mass is 35.5. The molecule has 0 aliphatic carbocycles. The van der Waals surface area contributed by atoms with Gasteiger partial charge in [0.15, 0.2) is 0 Å². The molecular weight excluding hydrogens is 142 g/mol. The summed E-state index contributed by atoms with van der Waals surface area (Å²) < 4.78 is 0. The van der Waals surface area contributed by atoms with Gasteiger partial charge in [-0.05, 0) is 6.42 Å². The molecule has 1 fully saturated rings. The second kappa shape index (κ2) is 2.54. The topological polar surface area (TPSA) is 49.3 Å². The van der Waals surface area contributed by atoms with Crippen molar-refractivity contribution in [2.45, 2.75) is 17.9 Å². The Morgan fingerprint density at radius 3 is 2.89 bits per heavy atom. The summed E-state index contributed by atoms with van der Waals surface area (Å²) in [6.07, 6.45) is -0.366. The Morgan fingerprint density at radius 2 is 2.44 bits per heavy atom. The van der Waals surface area contributed by atoms with Crippen LogP contribution in [0.1, 0.15) is 6.42 Å². The Labute approximate surface area is 58.0 Å². The number of carbonyl (C=O) groups excluding carboxylic acids is 1. The van der Waals surface area contributed by atoms with Crippen LogP contribution in [0.25, 0.3) is 0 Å². The first-order chi connectivity index (χ1) is 4.22. The van der Waals surface area contributed by atoms with Gasteiger partial charge < -0.3 is 10.4 Å². The molecule has 1 aliphatic heterocycles. The van der Waals surface area contributed by atoms with Crippen molar-refractivity contribution >= 4 is 17.5 Å². The summed E-state index contributed by atoms with van der Waals surface area (Å²) in [4.78, 5) is 10.6. The normalized spacial score (nSPS) is 36.0. The summed E-state index contributed by atoms with van der Waals surface area (Å²) in [7, 11) is 0. The van der Waals surface area contributed by atoms with Crippen LogP contribution in [-0.2, 0) is 4.79 Å². The number of nitrogens with one attached hydrogen (secondary N) is 1. The number of hydrogen-bond acceptors (Lipinski definition) is 2. The Kier molecular flexibility index (Phi) is 1.93. The number of amides is 1. The summed E-state index contributed by atoms with van der Waals surface area (Å²) >= 11 is 5.55. The lowest BCUT2D eigenvalue weighted by atomic mass is 10.1. The molecule has 0 aromatic rings. The van der Waals surface area contributed by atoms with Crippen molar-refractivity contribution in [2.75, 3.05) is 6.54 Å². The van der Waals surface area contributed by atoms with Crippen LogP contribution in [0.15, 0.2) is 0 Å². The molecule has 9 heavy (non-hydrogen) atoms. The average Bonchev–Trinajstić information content (AvgIpc) is 1.83. The van der Waals surface area contributed by atoms with E-state index in [2.05, 4.69) is 5.32 Å². The highest BCUT2D eigenvalue weighted by Crippen LogP contribution is 2.10. The Bertz CT molecular complexity index is 128. The monoisotopic (exact) mass is 149 g/mol. The van der Waals surface area contributed by atoms with Gasteiger partial charge in [0, 0.05) is 6.54 Å². The van der Waals surface area contributed by atoms with E-state index < -0.39 is 11.5 Å². The molecule has 0 spiro atoms. The lowest BCUT2D eigenvalue weighted by Gasteiger charge is -2.21. The van der Waals surface area contributed by atoms with Crippen LogP contribution in [-0.4, -0.2) is 29.0 Å². The van der Waals surface area contributed by atoms with Crippen LogP contribution in [0.3, 0.4) is 0 Å². The molecule has 0 aromatic carbocycles. The van der Waals surface area contributed by atoms with Crippen molar-refractivity contribution in [1.82, 2.24) is 5.32 Å². The molecule has 1 rings (SSSR count). The molecule has 2 N–H and O–H groups in total. The molecule has 1 amide bonds. The molecule has 0 aromatic heterocycles. The lowest BCUT2D eigenvalue weighted by Crippen LogP contribution is -2.46. The Hall–Kier alpha value is -0.280. The number of aliphatic hydroxyl groups excluding tert-OH is 1. The van der Waals surface area contributed by atoms with Gasteiger partial charge in [0.1, 0.15) is 6.10 Å². The van der Waals surface area contributed by atoms with E-state index in [1.807, 2.05) is 0 Å². The highest BCUT2D eigenvalue weighted by molar-refractivity contribution is 6.22. The minimum atomic E-state index is -1.01. The molecule has 52 valence electrons. The molecule has 0 radical (unpaired) electrons. The molecule has 1 aliphatic rings. The Morgan fingerprint density at radius 1 is 1.78 bits per heavy atom. The van der Waals surface area contributed by atoms with E-state index in [4.69, 9.17) is 16.7 Å². The van der Waals surface area contributed by atoms with Gasteiger partial charge in [-0.2, -0.15) is 0 Å². The third kappa shape index (κ3) is 1.34. The smallest absolute Gasteiger partial charge is 0.250 e. The molecule has 0 bridgehead atoms. The van der Waals surface area contributed by atoms with E-state index in [0.29, 0.717) is 13.0 Å². The second-order valence-corrected chi connectivity index (χ2v) is 2.60. The van der Waals surface area contributed by atoms with Gasteiger partial charge in [-0.15, -0.1) is 11.6 Å². The fourth-order valence-electron chi connectivity index (χ4n) is 0.760. The minimum Gasteiger partial charge on any atom is -0.382 e. The maximum absolute atomic E-state index is 10.6. The van der Waals surface area contributed by atoms with E-state index >= 15 is 0 Å². The zero-order valence-corrected chi connectivity index (χ0v) is 5.56. The van der Waals surface area contributed by atoms with Crippen LogP contribution in [0.5, 0.6) is 0 Å². The van der Waals surface area contributed by atoms with E-state index in [0.717, 1.165) is 0 Å². The van der Waals surface area contributed by atoms with E-state index in [1.165, 1.54) is 0 Å². The van der Waals surface area contributed by atoms with Crippen LogP contribution < -0.4 is 5.32 Å². The number of carbonyl (C=O) groups is 1. The number of hydrogen-bond donors (Lipinski definition) is 2. The molecule has 1 saturated heterocycles. The molecule has 4 heteroatoms. The summed E-state index contributed by atoms with van der Waals surface area (Å²) in [5, 5.41) is 11.0. The number of rotatable bonds is 0. The molecule has 2 unspecified atom stereocenters. The molecule has 2 atom stereocenters. The standard InChI is InChI=1S/C5H8ClNO2/c6-3-1-2-7-5(9)4(3)8/h3-4,8H,1-2H2,(H,7,9). The number of piperidine rings is 1.